The highest BCUT2D eigenvalue weighted by Crippen LogP contribution is 2.27. The van der Waals surface area contributed by atoms with Crippen LogP contribution in [0.4, 0.5) is 4.79 Å². The number of aromatic nitrogens is 2. The highest BCUT2D eigenvalue weighted by atomic mass is 16.4. The zero-order valence-electron chi connectivity index (χ0n) is 15.2. The molecule has 2 atom stereocenters. The number of piperidine rings is 1. The molecule has 0 radical (unpaired) electrons. The van der Waals surface area contributed by atoms with Crippen LogP contribution in [0.3, 0.4) is 0 Å². The van der Waals surface area contributed by atoms with Crippen LogP contribution in [0.2, 0.25) is 0 Å². The van der Waals surface area contributed by atoms with Gasteiger partial charge >= 0.3 is 12.0 Å². The SMILES string of the molecule is CCC(C)C(NC(=O)N1CCC(c2nc3ccccc3[nH]2)CC1)C(=O)O. The van der Waals surface area contributed by atoms with Crippen molar-refractivity contribution in [2.24, 2.45) is 5.92 Å². The summed E-state index contributed by atoms with van der Waals surface area (Å²) in [5.74, 6) is 0.167. The lowest BCUT2D eigenvalue weighted by molar-refractivity contribution is -0.140. The van der Waals surface area contributed by atoms with Gasteiger partial charge in [-0.25, -0.2) is 14.6 Å². The fraction of sp³-hybridized carbons (Fsp3) is 0.526. The van der Waals surface area contributed by atoms with Gasteiger partial charge in [-0.2, -0.15) is 0 Å². The molecule has 2 unspecified atom stereocenters. The van der Waals surface area contributed by atoms with Crippen LogP contribution < -0.4 is 5.32 Å². The average Bonchev–Trinajstić information content (AvgIpc) is 3.09. The Morgan fingerprint density at radius 1 is 1.35 bits per heavy atom. The number of fused-ring (bicyclic) bond motifs is 1. The molecule has 0 spiro atoms. The first-order valence-corrected chi connectivity index (χ1v) is 9.22. The molecule has 7 heteroatoms. The first kappa shape index (κ1) is 18.2. The number of carbonyl (C=O) groups excluding carboxylic acids is 1. The van der Waals surface area contributed by atoms with Gasteiger partial charge in [0.25, 0.3) is 0 Å². The van der Waals surface area contributed by atoms with Crippen molar-refractivity contribution in [3.05, 3.63) is 30.1 Å². The number of nitrogens with one attached hydrogen (secondary N) is 2. The van der Waals surface area contributed by atoms with E-state index < -0.39 is 12.0 Å². The number of hydrogen-bond donors (Lipinski definition) is 3. The Morgan fingerprint density at radius 3 is 2.65 bits per heavy atom. The van der Waals surface area contributed by atoms with Crippen molar-refractivity contribution in [3.63, 3.8) is 0 Å². The number of aliphatic carboxylic acids is 1. The number of nitrogens with zero attached hydrogens (tertiary/aromatic N) is 2. The number of carboxylic acids is 1. The van der Waals surface area contributed by atoms with Crippen molar-refractivity contribution in [3.8, 4) is 0 Å². The van der Waals surface area contributed by atoms with Crippen LogP contribution in [-0.2, 0) is 4.79 Å². The first-order valence-electron chi connectivity index (χ1n) is 9.22. The highest BCUT2D eigenvalue weighted by molar-refractivity contribution is 5.83. The van der Waals surface area contributed by atoms with Gasteiger partial charge in [-0.1, -0.05) is 32.4 Å². The van der Waals surface area contributed by atoms with Crippen LogP contribution in [0.15, 0.2) is 24.3 Å². The number of amides is 2. The predicted molar refractivity (Wildman–Crippen MR) is 99.1 cm³/mol. The average molecular weight is 358 g/mol. The van der Waals surface area contributed by atoms with Gasteiger partial charge in [0.1, 0.15) is 11.9 Å². The number of carbonyl (C=O) groups is 2. The molecule has 1 aliphatic rings. The monoisotopic (exact) mass is 358 g/mol. The number of benzene rings is 1. The minimum atomic E-state index is -0.982. The molecule has 3 N–H and O–H groups in total. The standard InChI is InChI=1S/C19H26N4O3/c1-3-12(2)16(18(24)25)22-19(26)23-10-8-13(9-11-23)17-20-14-6-4-5-7-15(14)21-17/h4-7,12-13,16H,3,8-11H2,1-2H3,(H,20,21)(H,22,26)(H,24,25). The Hall–Kier alpha value is -2.57. The van der Waals surface area contributed by atoms with Gasteiger partial charge in [0, 0.05) is 19.0 Å². The molecule has 2 amide bonds. The summed E-state index contributed by atoms with van der Waals surface area (Å²) in [6.45, 7) is 4.96. The van der Waals surface area contributed by atoms with Crippen molar-refractivity contribution in [2.45, 2.75) is 45.1 Å². The smallest absolute Gasteiger partial charge is 0.326 e. The molecule has 3 rings (SSSR count). The number of H-pyrrole nitrogens is 1. The van der Waals surface area contributed by atoms with E-state index in [1.165, 1.54) is 0 Å². The summed E-state index contributed by atoms with van der Waals surface area (Å²) in [7, 11) is 0. The number of imidazole rings is 1. The summed E-state index contributed by atoms with van der Waals surface area (Å²) in [4.78, 5) is 33.6. The third kappa shape index (κ3) is 3.81. The van der Waals surface area contributed by atoms with Crippen LogP contribution in [0.5, 0.6) is 0 Å². The Bertz CT molecular complexity index is 747. The highest BCUT2D eigenvalue weighted by Gasteiger charge is 2.30. The second-order valence-corrected chi connectivity index (χ2v) is 7.05. The van der Waals surface area contributed by atoms with Gasteiger partial charge < -0.3 is 20.3 Å². The molecule has 1 aromatic carbocycles. The number of para-hydroxylation sites is 2. The van der Waals surface area contributed by atoms with Crippen molar-refractivity contribution in [1.82, 2.24) is 20.2 Å². The van der Waals surface area contributed by atoms with Crippen molar-refractivity contribution in [1.29, 1.82) is 0 Å². The number of carboxylic acid groups (broad SMARTS) is 1. The Labute approximate surface area is 152 Å². The van der Waals surface area contributed by atoms with Crippen LogP contribution in [0.1, 0.15) is 44.9 Å². The summed E-state index contributed by atoms with van der Waals surface area (Å²) < 4.78 is 0. The van der Waals surface area contributed by atoms with Crippen molar-refractivity contribution >= 4 is 23.0 Å². The normalized spacial score (nSPS) is 17.8. The third-order valence-electron chi connectivity index (χ3n) is 5.33. The second kappa shape index (κ2) is 7.76. The molecule has 26 heavy (non-hydrogen) atoms. The summed E-state index contributed by atoms with van der Waals surface area (Å²) in [6, 6.07) is 6.80. The Kier molecular flexibility index (Phi) is 5.44. The predicted octanol–water partition coefficient (Wildman–Crippen LogP) is 2.95. The van der Waals surface area contributed by atoms with E-state index in [4.69, 9.17) is 0 Å². The van der Waals surface area contributed by atoms with E-state index in [2.05, 4.69) is 15.3 Å². The topological polar surface area (TPSA) is 98.3 Å². The Balaban J connectivity index is 1.59. The van der Waals surface area contributed by atoms with E-state index in [9.17, 15) is 14.7 Å². The van der Waals surface area contributed by atoms with E-state index in [0.29, 0.717) is 19.5 Å². The maximum atomic E-state index is 12.4. The Morgan fingerprint density at radius 2 is 2.04 bits per heavy atom. The fourth-order valence-electron chi connectivity index (χ4n) is 3.43. The zero-order chi connectivity index (χ0) is 18.7. The molecule has 1 saturated heterocycles. The summed E-state index contributed by atoms with van der Waals surface area (Å²) in [6.07, 6.45) is 2.33. The van der Waals surface area contributed by atoms with Gasteiger partial charge in [-0.15, -0.1) is 0 Å². The maximum absolute atomic E-state index is 12.4. The molecular formula is C19H26N4O3. The molecule has 7 nitrogen and oxygen atoms in total. The molecule has 0 saturated carbocycles. The van der Waals surface area contributed by atoms with E-state index in [-0.39, 0.29) is 17.9 Å². The summed E-state index contributed by atoms with van der Waals surface area (Å²) >= 11 is 0. The molecule has 140 valence electrons. The molecule has 2 heterocycles. The quantitative estimate of drug-likeness (QED) is 0.765. The summed E-state index contributed by atoms with van der Waals surface area (Å²) in [5, 5.41) is 12.0. The van der Waals surface area contributed by atoms with Crippen LogP contribution in [0, 0.1) is 5.92 Å². The molecule has 1 aliphatic heterocycles. The number of urea groups is 1. The first-order chi connectivity index (χ1) is 12.5. The number of rotatable bonds is 5. The third-order valence-corrected chi connectivity index (χ3v) is 5.33. The fourth-order valence-corrected chi connectivity index (χ4v) is 3.43. The lowest BCUT2D eigenvalue weighted by Crippen LogP contribution is -2.52. The second-order valence-electron chi connectivity index (χ2n) is 7.05. The number of likely N-dealkylation sites (tertiary alicyclic amines) is 1. The lowest BCUT2D eigenvalue weighted by atomic mass is 9.96. The van der Waals surface area contributed by atoms with E-state index in [1.54, 1.807) is 4.90 Å². The minimum Gasteiger partial charge on any atom is -0.480 e. The van der Waals surface area contributed by atoms with Crippen LogP contribution in [-0.4, -0.2) is 51.1 Å². The maximum Gasteiger partial charge on any atom is 0.326 e. The van der Waals surface area contributed by atoms with Crippen molar-refractivity contribution < 1.29 is 14.7 Å². The molecule has 0 aliphatic carbocycles. The van der Waals surface area contributed by atoms with Gasteiger partial charge in [0.2, 0.25) is 0 Å². The lowest BCUT2D eigenvalue weighted by Gasteiger charge is -2.32. The van der Waals surface area contributed by atoms with E-state index in [0.717, 1.165) is 29.7 Å². The van der Waals surface area contributed by atoms with Gasteiger partial charge in [-0.05, 0) is 30.9 Å². The largest absolute Gasteiger partial charge is 0.480 e. The number of hydrogen-bond acceptors (Lipinski definition) is 3. The number of aromatic amines is 1. The molecule has 2 aromatic rings. The van der Waals surface area contributed by atoms with E-state index >= 15 is 0 Å². The molecular weight excluding hydrogens is 332 g/mol. The van der Waals surface area contributed by atoms with Crippen LogP contribution >= 0.6 is 0 Å². The molecule has 1 aromatic heterocycles. The van der Waals surface area contributed by atoms with Gasteiger partial charge in [-0.3, -0.25) is 0 Å². The minimum absolute atomic E-state index is 0.107. The van der Waals surface area contributed by atoms with Gasteiger partial charge in [0.05, 0.1) is 11.0 Å². The van der Waals surface area contributed by atoms with Gasteiger partial charge in [0.15, 0.2) is 0 Å². The summed E-state index contributed by atoms with van der Waals surface area (Å²) in [5.41, 5.74) is 1.99. The molecule has 0 bridgehead atoms. The zero-order valence-corrected chi connectivity index (χ0v) is 15.2. The van der Waals surface area contributed by atoms with Crippen LogP contribution in [0.25, 0.3) is 11.0 Å². The molecule has 1 fully saturated rings. The van der Waals surface area contributed by atoms with Crippen molar-refractivity contribution in [2.75, 3.05) is 13.1 Å². The van der Waals surface area contributed by atoms with E-state index in [1.807, 2.05) is 38.1 Å².